The minimum Gasteiger partial charge on any atom is -0.304 e. The number of fused-ring (bicyclic) bond motifs is 1. The molecular weight excluding hydrogens is 224 g/mol. The normalized spacial score (nSPS) is 18.3. The van der Waals surface area contributed by atoms with Crippen LogP contribution in [0.25, 0.3) is 11.0 Å². The lowest BCUT2D eigenvalue weighted by Gasteiger charge is -2.31. The predicted octanol–water partition coefficient (Wildman–Crippen LogP) is 1.18. The molecule has 1 aromatic carbocycles. The van der Waals surface area contributed by atoms with Gasteiger partial charge >= 0.3 is 0 Å². The second kappa shape index (κ2) is 5.00. The Labute approximate surface area is 107 Å². The van der Waals surface area contributed by atoms with Crippen LogP contribution in [0.5, 0.6) is 0 Å². The third kappa shape index (κ3) is 2.49. The van der Waals surface area contributed by atoms with Gasteiger partial charge in [-0.25, -0.2) is 9.97 Å². The van der Waals surface area contributed by atoms with E-state index in [1.54, 1.807) is 0 Å². The molecule has 1 aliphatic rings. The van der Waals surface area contributed by atoms with E-state index in [0.29, 0.717) is 0 Å². The Hall–Kier alpha value is -1.52. The van der Waals surface area contributed by atoms with Crippen molar-refractivity contribution < 1.29 is 0 Å². The average molecular weight is 241 g/mol. The second-order valence-electron chi connectivity index (χ2n) is 4.85. The fourth-order valence-electron chi connectivity index (χ4n) is 2.24. The van der Waals surface area contributed by atoms with Gasteiger partial charge in [0.15, 0.2) is 0 Å². The summed E-state index contributed by atoms with van der Waals surface area (Å²) in [5, 5.41) is 0. The van der Waals surface area contributed by atoms with E-state index in [1.807, 2.05) is 24.3 Å². The average Bonchev–Trinajstić information content (AvgIpc) is 2.41. The van der Waals surface area contributed by atoms with Gasteiger partial charge in [-0.2, -0.15) is 0 Å². The summed E-state index contributed by atoms with van der Waals surface area (Å²) in [6, 6.07) is 7.95. The van der Waals surface area contributed by atoms with Crippen molar-refractivity contribution in [2.45, 2.75) is 6.54 Å². The van der Waals surface area contributed by atoms with Crippen LogP contribution in [0.3, 0.4) is 0 Å². The molecular formula is C14H17N4. The molecule has 0 bridgehead atoms. The topological polar surface area (TPSA) is 32.3 Å². The first-order chi connectivity index (χ1) is 8.81. The van der Waals surface area contributed by atoms with Gasteiger partial charge in [0.2, 0.25) is 0 Å². The molecule has 2 aromatic rings. The quantitative estimate of drug-likeness (QED) is 0.790. The number of aromatic nitrogens is 2. The lowest BCUT2D eigenvalue weighted by atomic mass is 10.2. The van der Waals surface area contributed by atoms with Gasteiger partial charge < -0.3 is 4.90 Å². The predicted molar refractivity (Wildman–Crippen MR) is 71.1 cm³/mol. The third-order valence-electron chi connectivity index (χ3n) is 3.41. The van der Waals surface area contributed by atoms with Crippen LogP contribution in [0, 0.1) is 6.20 Å². The standard InChI is InChI=1S/C14H17N4/c1-17-6-8-18(9-7-17)11-12-10-15-13-4-2-3-5-14(13)16-12/h2-5H,6-9,11H2,1H3. The highest BCUT2D eigenvalue weighted by molar-refractivity contribution is 5.73. The molecule has 1 aromatic heterocycles. The van der Waals surface area contributed by atoms with Crippen molar-refractivity contribution in [1.29, 1.82) is 0 Å². The van der Waals surface area contributed by atoms with Gasteiger partial charge in [-0.15, -0.1) is 0 Å². The second-order valence-corrected chi connectivity index (χ2v) is 4.85. The van der Waals surface area contributed by atoms with Crippen molar-refractivity contribution in [3.8, 4) is 0 Å². The smallest absolute Gasteiger partial charge is 0.114 e. The van der Waals surface area contributed by atoms with Crippen LogP contribution in [0.15, 0.2) is 24.3 Å². The van der Waals surface area contributed by atoms with Crippen LogP contribution in [0.4, 0.5) is 0 Å². The first-order valence-electron chi connectivity index (χ1n) is 6.35. The highest BCUT2D eigenvalue weighted by atomic mass is 15.2. The van der Waals surface area contributed by atoms with E-state index in [2.05, 4.69) is 33.0 Å². The molecule has 93 valence electrons. The van der Waals surface area contributed by atoms with E-state index in [4.69, 9.17) is 0 Å². The molecule has 1 fully saturated rings. The van der Waals surface area contributed by atoms with E-state index in [0.717, 1.165) is 49.5 Å². The number of piperazine rings is 1. The summed E-state index contributed by atoms with van der Waals surface area (Å²) in [7, 11) is 2.17. The lowest BCUT2D eigenvalue weighted by Crippen LogP contribution is -2.44. The first kappa shape index (κ1) is 11.6. The number of nitrogens with zero attached hydrogens (tertiary/aromatic N) is 4. The molecule has 2 heterocycles. The van der Waals surface area contributed by atoms with Gasteiger partial charge in [0.05, 0.1) is 16.7 Å². The molecule has 0 saturated carbocycles. The summed E-state index contributed by atoms with van der Waals surface area (Å²) < 4.78 is 0. The fraction of sp³-hybridized carbons (Fsp3) is 0.429. The third-order valence-corrected chi connectivity index (χ3v) is 3.41. The number of rotatable bonds is 2. The summed E-state index contributed by atoms with van der Waals surface area (Å²) in [5.74, 6) is 0. The van der Waals surface area contributed by atoms with Crippen molar-refractivity contribution in [2.75, 3.05) is 33.2 Å². The Morgan fingerprint density at radius 3 is 2.61 bits per heavy atom. The maximum atomic E-state index is 4.62. The number of hydrogen-bond donors (Lipinski definition) is 0. The van der Waals surface area contributed by atoms with Crippen molar-refractivity contribution in [2.24, 2.45) is 0 Å². The molecule has 4 heteroatoms. The van der Waals surface area contributed by atoms with E-state index in [9.17, 15) is 0 Å². The van der Waals surface area contributed by atoms with Gasteiger partial charge in [-0.1, -0.05) is 12.1 Å². The van der Waals surface area contributed by atoms with Crippen molar-refractivity contribution in [3.05, 3.63) is 36.2 Å². The minimum absolute atomic E-state index is 0.853. The molecule has 1 radical (unpaired) electrons. The van der Waals surface area contributed by atoms with Gasteiger partial charge in [0.25, 0.3) is 0 Å². The zero-order chi connectivity index (χ0) is 12.4. The Kier molecular flexibility index (Phi) is 3.21. The van der Waals surface area contributed by atoms with E-state index >= 15 is 0 Å². The van der Waals surface area contributed by atoms with Gasteiger partial charge in [0.1, 0.15) is 6.20 Å². The van der Waals surface area contributed by atoms with E-state index in [1.165, 1.54) is 0 Å². The van der Waals surface area contributed by atoms with Gasteiger partial charge in [-0.3, -0.25) is 4.90 Å². The molecule has 0 unspecified atom stereocenters. The molecule has 1 aliphatic heterocycles. The monoisotopic (exact) mass is 241 g/mol. The molecule has 0 spiro atoms. The number of benzene rings is 1. The largest absolute Gasteiger partial charge is 0.304 e. The lowest BCUT2D eigenvalue weighted by molar-refractivity contribution is 0.147. The van der Waals surface area contributed by atoms with Crippen LogP contribution in [0.1, 0.15) is 5.69 Å². The van der Waals surface area contributed by atoms with Crippen LogP contribution in [-0.4, -0.2) is 53.0 Å². The highest BCUT2D eigenvalue weighted by Crippen LogP contribution is 2.10. The maximum Gasteiger partial charge on any atom is 0.114 e. The number of hydrogen-bond acceptors (Lipinski definition) is 4. The molecule has 0 N–H and O–H groups in total. The fourth-order valence-corrected chi connectivity index (χ4v) is 2.24. The van der Waals surface area contributed by atoms with Crippen LogP contribution in [0.2, 0.25) is 0 Å². The molecule has 3 rings (SSSR count). The summed E-state index contributed by atoms with van der Waals surface area (Å²) >= 11 is 0. The number of likely N-dealkylation sites (N-methyl/N-ethyl adjacent to an activating group) is 1. The molecule has 4 nitrogen and oxygen atoms in total. The Morgan fingerprint density at radius 1 is 1.11 bits per heavy atom. The van der Waals surface area contributed by atoms with Crippen molar-refractivity contribution in [3.63, 3.8) is 0 Å². The van der Waals surface area contributed by atoms with Crippen LogP contribution < -0.4 is 0 Å². The SMILES string of the molecule is CN1CCN(Cc2[c]nc3ccccc3n2)CC1. The first-order valence-corrected chi connectivity index (χ1v) is 6.35. The molecule has 0 atom stereocenters. The number of para-hydroxylation sites is 2. The zero-order valence-corrected chi connectivity index (χ0v) is 10.6. The van der Waals surface area contributed by atoms with E-state index in [-0.39, 0.29) is 0 Å². The maximum absolute atomic E-state index is 4.62. The summed E-state index contributed by atoms with van der Waals surface area (Å²) in [6.45, 7) is 5.30. The Balaban J connectivity index is 1.74. The summed E-state index contributed by atoms with van der Waals surface area (Å²) in [6.07, 6.45) is 3.05. The molecule has 0 aliphatic carbocycles. The van der Waals surface area contributed by atoms with E-state index < -0.39 is 0 Å². The summed E-state index contributed by atoms with van der Waals surface area (Å²) in [5.41, 5.74) is 2.82. The Bertz CT molecular complexity index is 532. The van der Waals surface area contributed by atoms with Crippen molar-refractivity contribution in [1.82, 2.24) is 19.8 Å². The van der Waals surface area contributed by atoms with Crippen LogP contribution >= 0.6 is 0 Å². The highest BCUT2D eigenvalue weighted by Gasteiger charge is 2.14. The molecule has 1 saturated heterocycles. The molecule has 18 heavy (non-hydrogen) atoms. The van der Waals surface area contributed by atoms with Gasteiger partial charge in [0, 0.05) is 32.7 Å². The van der Waals surface area contributed by atoms with Crippen LogP contribution in [-0.2, 0) is 6.54 Å². The Morgan fingerprint density at radius 2 is 1.83 bits per heavy atom. The summed E-state index contributed by atoms with van der Waals surface area (Å²) in [4.78, 5) is 13.7. The van der Waals surface area contributed by atoms with Gasteiger partial charge in [-0.05, 0) is 19.2 Å². The molecule has 0 amide bonds. The van der Waals surface area contributed by atoms with Crippen molar-refractivity contribution >= 4 is 11.0 Å². The zero-order valence-electron chi connectivity index (χ0n) is 10.6. The minimum atomic E-state index is 0.853.